The topological polar surface area (TPSA) is 81.4 Å². The van der Waals surface area contributed by atoms with Crippen molar-refractivity contribution in [1.29, 1.82) is 0 Å². The van der Waals surface area contributed by atoms with Crippen molar-refractivity contribution in [2.75, 3.05) is 13.7 Å². The number of rotatable bonds is 6. The number of nitrogens with one attached hydrogen (secondary N) is 1. The van der Waals surface area contributed by atoms with Crippen LogP contribution in [0.2, 0.25) is 5.02 Å². The summed E-state index contributed by atoms with van der Waals surface area (Å²) in [5.74, 6) is -0.955. The highest BCUT2D eigenvalue weighted by Crippen LogP contribution is 2.23. The third kappa shape index (κ3) is 5.18. The van der Waals surface area contributed by atoms with Crippen LogP contribution in [0.5, 0.6) is 0 Å². The van der Waals surface area contributed by atoms with E-state index in [1.165, 1.54) is 7.11 Å². The number of benzene rings is 1. The monoisotopic (exact) mass is 348 g/mol. The van der Waals surface area contributed by atoms with Gasteiger partial charge in [0, 0.05) is 11.6 Å². The lowest BCUT2D eigenvalue weighted by molar-refractivity contribution is -0.128. The minimum absolute atomic E-state index is 0.0438. The molecule has 0 aliphatic carbocycles. The molecule has 0 spiro atoms. The lowest BCUT2D eigenvalue weighted by atomic mass is 10.1. The molecular formula is C12H14BrClN2O3. The Hall–Kier alpha value is -1.11. The first kappa shape index (κ1) is 15.9. The van der Waals surface area contributed by atoms with Gasteiger partial charge in [-0.15, -0.1) is 0 Å². The first-order valence-corrected chi connectivity index (χ1v) is 6.62. The molecule has 104 valence electrons. The maximum absolute atomic E-state index is 11.8. The molecule has 0 saturated carbocycles. The number of primary amides is 1. The van der Waals surface area contributed by atoms with Gasteiger partial charge in [-0.1, -0.05) is 17.7 Å². The molecule has 1 aromatic rings. The molecule has 1 atom stereocenters. The van der Waals surface area contributed by atoms with Crippen molar-refractivity contribution in [3.05, 3.63) is 33.3 Å². The highest BCUT2D eigenvalue weighted by atomic mass is 79.9. The zero-order valence-corrected chi connectivity index (χ0v) is 12.6. The Bertz CT molecular complexity index is 482. The van der Waals surface area contributed by atoms with Crippen LogP contribution in [0.25, 0.3) is 0 Å². The van der Waals surface area contributed by atoms with Crippen LogP contribution in [-0.4, -0.2) is 31.6 Å². The van der Waals surface area contributed by atoms with Crippen LogP contribution in [0.15, 0.2) is 22.7 Å². The van der Waals surface area contributed by atoms with E-state index in [9.17, 15) is 9.59 Å². The molecule has 19 heavy (non-hydrogen) atoms. The normalized spacial score (nSPS) is 11.9. The number of methoxy groups -OCH3 is 1. The number of ether oxygens (including phenoxy) is 1. The van der Waals surface area contributed by atoms with Crippen molar-refractivity contribution in [3.63, 3.8) is 0 Å². The number of halogens is 2. The van der Waals surface area contributed by atoms with E-state index in [0.717, 1.165) is 10.0 Å². The number of carbonyl (C=O) groups is 2. The van der Waals surface area contributed by atoms with Crippen molar-refractivity contribution in [3.8, 4) is 0 Å². The quantitative estimate of drug-likeness (QED) is 0.811. The fourth-order valence-corrected chi connectivity index (χ4v) is 1.89. The highest BCUT2D eigenvalue weighted by molar-refractivity contribution is 9.10. The lowest BCUT2D eigenvalue weighted by Gasteiger charge is -2.14. The van der Waals surface area contributed by atoms with E-state index in [-0.39, 0.29) is 18.9 Å². The average molecular weight is 350 g/mol. The smallest absolute Gasteiger partial charge is 0.242 e. The van der Waals surface area contributed by atoms with Crippen molar-refractivity contribution in [2.24, 2.45) is 5.73 Å². The summed E-state index contributed by atoms with van der Waals surface area (Å²) in [6.07, 6.45) is 0.112. The Morgan fingerprint density at radius 2 is 2.21 bits per heavy atom. The molecule has 0 aliphatic heterocycles. The summed E-state index contributed by atoms with van der Waals surface area (Å²) in [5.41, 5.74) is 5.89. The molecule has 1 rings (SSSR count). The fraction of sp³-hybridized carbons (Fsp3) is 0.333. The Kier molecular flexibility index (Phi) is 6.27. The summed E-state index contributed by atoms with van der Waals surface area (Å²) < 4.78 is 5.57. The number of carbonyl (C=O) groups excluding carboxylic acids is 2. The van der Waals surface area contributed by atoms with Gasteiger partial charge in [0.2, 0.25) is 11.8 Å². The zero-order chi connectivity index (χ0) is 14.4. The van der Waals surface area contributed by atoms with E-state index in [1.807, 2.05) is 0 Å². The molecule has 7 heteroatoms. The van der Waals surface area contributed by atoms with Crippen LogP contribution in [-0.2, 0) is 20.7 Å². The number of hydrogen-bond donors (Lipinski definition) is 2. The van der Waals surface area contributed by atoms with Crippen LogP contribution in [0.3, 0.4) is 0 Å². The van der Waals surface area contributed by atoms with Gasteiger partial charge in [-0.2, -0.15) is 0 Å². The summed E-state index contributed by atoms with van der Waals surface area (Å²) >= 11 is 9.20. The van der Waals surface area contributed by atoms with E-state index in [1.54, 1.807) is 18.2 Å². The minimum atomic E-state index is -0.830. The average Bonchev–Trinajstić information content (AvgIpc) is 2.33. The van der Waals surface area contributed by atoms with E-state index < -0.39 is 11.9 Å². The molecule has 3 N–H and O–H groups in total. The van der Waals surface area contributed by atoms with Crippen molar-refractivity contribution >= 4 is 39.3 Å². The number of hydrogen-bond acceptors (Lipinski definition) is 3. The Labute approximate surface area is 124 Å². The second-order valence-corrected chi connectivity index (χ2v) is 5.16. The summed E-state index contributed by atoms with van der Waals surface area (Å²) in [4.78, 5) is 22.8. The predicted octanol–water partition coefficient (Wildman–Crippen LogP) is 1.26. The maximum atomic E-state index is 11.8. The van der Waals surface area contributed by atoms with E-state index in [0.29, 0.717) is 5.02 Å². The third-order valence-corrected chi connectivity index (χ3v) is 3.59. The molecule has 1 aromatic carbocycles. The third-order valence-electron chi connectivity index (χ3n) is 2.36. The van der Waals surface area contributed by atoms with Crippen LogP contribution in [0, 0.1) is 0 Å². The molecular weight excluding hydrogens is 336 g/mol. The molecule has 0 radical (unpaired) electrons. The number of nitrogens with two attached hydrogens (primary N) is 1. The van der Waals surface area contributed by atoms with E-state index in [2.05, 4.69) is 21.2 Å². The summed E-state index contributed by atoms with van der Waals surface area (Å²) in [7, 11) is 1.43. The molecule has 0 heterocycles. The van der Waals surface area contributed by atoms with Gasteiger partial charge in [0.25, 0.3) is 0 Å². The molecule has 5 nitrogen and oxygen atoms in total. The molecule has 0 bridgehead atoms. The SMILES string of the molecule is COC[C@H](NC(=O)Cc1ccc(Br)c(Cl)c1)C(N)=O. The minimum Gasteiger partial charge on any atom is -0.382 e. The lowest BCUT2D eigenvalue weighted by Crippen LogP contribution is -2.47. The predicted molar refractivity (Wildman–Crippen MR) is 75.9 cm³/mol. The Balaban J connectivity index is 2.63. The van der Waals surface area contributed by atoms with Gasteiger partial charge in [0.15, 0.2) is 0 Å². The molecule has 0 aliphatic rings. The first-order chi connectivity index (χ1) is 8.93. The largest absolute Gasteiger partial charge is 0.382 e. The van der Waals surface area contributed by atoms with Gasteiger partial charge in [-0.05, 0) is 33.6 Å². The molecule has 0 fully saturated rings. The van der Waals surface area contributed by atoms with Crippen LogP contribution >= 0.6 is 27.5 Å². The summed E-state index contributed by atoms with van der Waals surface area (Å²) in [6, 6.07) is 4.38. The van der Waals surface area contributed by atoms with Gasteiger partial charge >= 0.3 is 0 Å². The van der Waals surface area contributed by atoms with Crippen LogP contribution in [0.4, 0.5) is 0 Å². The maximum Gasteiger partial charge on any atom is 0.242 e. The highest BCUT2D eigenvalue weighted by Gasteiger charge is 2.17. The Morgan fingerprint density at radius 3 is 2.74 bits per heavy atom. The van der Waals surface area contributed by atoms with Crippen molar-refractivity contribution in [2.45, 2.75) is 12.5 Å². The molecule has 0 unspecified atom stereocenters. The van der Waals surface area contributed by atoms with E-state index in [4.69, 9.17) is 22.1 Å². The molecule has 0 aromatic heterocycles. The van der Waals surface area contributed by atoms with Crippen molar-refractivity contribution in [1.82, 2.24) is 5.32 Å². The van der Waals surface area contributed by atoms with Gasteiger partial charge in [0.1, 0.15) is 6.04 Å². The number of amides is 2. The summed E-state index contributed by atoms with van der Waals surface area (Å²) in [5, 5.41) is 3.03. The van der Waals surface area contributed by atoms with Gasteiger partial charge in [-0.3, -0.25) is 9.59 Å². The van der Waals surface area contributed by atoms with Crippen LogP contribution < -0.4 is 11.1 Å². The van der Waals surface area contributed by atoms with E-state index >= 15 is 0 Å². The van der Waals surface area contributed by atoms with Gasteiger partial charge < -0.3 is 15.8 Å². The second-order valence-electron chi connectivity index (χ2n) is 3.90. The zero-order valence-electron chi connectivity index (χ0n) is 10.3. The standard InChI is InChI=1S/C12H14BrClN2O3/c1-19-6-10(12(15)18)16-11(17)5-7-2-3-8(13)9(14)4-7/h2-4,10H,5-6H2,1H3,(H2,15,18)(H,16,17)/t10-/m0/s1. The van der Waals surface area contributed by atoms with Gasteiger partial charge in [0.05, 0.1) is 18.1 Å². The van der Waals surface area contributed by atoms with Crippen molar-refractivity contribution < 1.29 is 14.3 Å². The fourth-order valence-electron chi connectivity index (χ4n) is 1.44. The van der Waals surface area contributed by atoms with Crippen LogP contribution in [0.1, 0.15) is 5.56 Å². The molecule has 2 amide bonds. The Morgan fingerprint density at radius 1 is 1.53 bits per heavy atom. The second kappa shape index (κ2) is 7.47. The summed E-state index contributed by atoms with van der Waals surface area (Å²) in [6.45, 7) is 0.0438. The first-order valence-electron chi connectivity index (χ1n) is 5.45. The molecule has 0 saturated heterocycles. The van der Waals surface area contributed by atoms with Gasteiger partial charge in [-0.25, -0.2) is 0 Å².